The Morgan fingerprint density at radius 1 is 1.38 bits per heavy atom. The van der Waals surface area contributed by atoms with Gasteiger partial charge in [0.1, 0.15) is 5.75 Å². The number of amides is 1. The van der Waals surface area contributed by atoms with Crippen molar-refractivity contribution in [2.24, 2.45) is 5.92 Å². The Morgan fingerprint density at radius 2 is 2.05 bits per heavy atom. The molecule has 21 heavy (non-hydrogen) atoms. The van der Waals surface area contributed by atoms with Crippen LogP contribution in [0.5, 0.6) is 5.75 Å². The van der Waals surface area contributed by atoms with E-state index in [1.807, 2.05) is 32.0 Å². The van der Waals surface area contributed by atoms with Crippen LogP contribution in [0.15, 0.2) is 18.2 Å². The van der Waals surface area contributed by atoms with Crippen LogP contribution in [0, 0.1) is 19.8 Å². The first kappa shape index (κ1) is 17.8. The van der Waals surface area contributed by atoms with Crippen LogP contribution in [0.25, 0.3) is 0 Å². The van der Waals surface area contributed by atoms with E-state index in [9.17, 15) is 9.90 Å². The maximum absolute atomic E-state index is 11.8. The Morgan fingerprint density at radius 3 is 2.62 bits per heavy atom. The van der Waals surface area contributed by atoms with Gasteiger partial charge in [0.25, 0.3) is 5.91 Å². The molecule has 2 rings (SSSR count). The number of benzene rings is 1. The van der Waals surface area contributed by atoms with E-state index < -0.39 is 0 Å². The van der Waals surface area contributed by atoms with Crippen molar-refractivity contribution < 1.29 is 14.6 Å². The van der Waals surface area contributed by atoms with Crippen molar-refractivity contribution in [1.82, 2.24) is 10.6 Å². The maximum Gasteiger partial charge on any atom is 0.257 e. The standard InChI is InChI=1S/C15H22N2O3.ClH/c1-10-4-3-5-11(2)15(10)20-9-14(19)17-7-12-6-16-8-13(12)18;/h3-5,12-13,16,18H,6-9H2,1-2H3,(H,17,19);1H. The normalized spacial score (nSPS) is 20.7. The van der Waals surface area contributed by atoms with Gasteiger partial charge >= 0.3 is 0 Å². The minimum atomic E-state index is -0.380. The highest BCUT2D eigenvalue weighted by Crippen LogP contribution is 2.21. The summed E-state index contributed by atoms with van der Waals surface area (Å²) in [5.74, 6) is 0.691. The number of aliphatic hydroxyl groups excluding tert-OH is 1. The molecular weight excluding hydrogens is 292 g/mol. The van der Waals surface area contributed by atoms with E-state index in [0.717, 1.165) is 23.4 Å². The minimum absolute atomic E-state index is 0. The SMILES string of the molecule is Cc1cccc(C)c1OCC(=O)NCC1CNCC1O.Cl. The molecule has 1 amide bonds. The smallest absolute Gasteiger partial charge is 0.257 e. The minimum Gasteiger partial charge on any atom is -0.483 e. The van der Waals surface area contributed by atoms with E-state index in [0.29, 0.717) is 13.1 Å². The molecule has 0 bridgehead atoms. The number of aliphatic hydroxyl groups is 1. The molecule has 0 saturated carbocycles. The van der Waals surface area contributed by atoms with E-state index in [1.54, 1.807) is 0 Å². The lowest BCUT2D eigenvalue weighted by Crippen LogP contribution is -2.36. The number of aryl methyl sites for hydroxylation is 2. The lowest BCUT2D eigenvalue weighted by atomic mass is 10.1. The topological polar surface area (TPSA) is 70.6 Å². The molecule has 0 radical (unpaired) electrons. The second-order valence-corrected chi connectivity index (χ2v) is 5.30. The number of carbonyl (C=O) groups excluding carboxylic acids is 1. The third-order valence-electron chi connectivity index (χ3n) is 3.62. The zero-order chi connectivity index (χ0) is 14.5. The molecule has 6 heteroatoms. The summed E-state index contributed by atoms with van der Waals surface area (Å²) >= 11 is 0. The van der Waals surface area contributed by atoms with Gasteiger partial charge in [0.15, 0.2) is 6.61 Å². The lowest BCUT2D eigenvalue weighted by Gasteiger charge is -2.15. The first-order chi connectivity index (χ1) is 9.58. The van der Waals surface area contributed by atoms with Gasteiger partial charge in [-0.25, -0.2) is 0 Å². The Kier molecular flexibility index (Phi) is 6.95. The van der Waals surface area contributed by atoms with Crippen molar-refractivity contribution in [3.05, 3.63) is 29.3 Å². The highest BCUT2D eigenvalue weighted by atomic mass is 35.5. The molecule has 1 aliphatic heterocycles. The molecule has 118 valence electrons. The number of β-amino-alcohol motifs (C(OH)–C–C–N with tert-alkyl or cyclic N) is 1. The molecule has 1 saturated heterocycles. The number of nitrogens with one attached hydrogen (secondary N) is 2. The summed E-state index contributed by atoms with van der Waals surface area (Å²) < 4.78 is 5.58. The molecule has 1 fully saturated rings. The average molecular weight is 315 g/mol. The van der Waals surface area contributed by atoms with Gasteiger partial charge < -0.3 is 20.5 Å². The Labute approximate surface area is 131 Å². The maximum atomic E-state index is 11.8. The van der Waals surface area contributed by atoms with E-state index in [1.165, 1.54) is 0 Å². The van der Waals surface area contributed by atoms with Gasteiger partial charge in [-0.3, -0.25) is 4.79 Å². The van der Waals surface area contributed by atoms with Crippen molar-refractivity contribution in [2.45, 2.75) is 20.0 Å². The molecule has 1 aliphatic rings. The zero-order valence-corrected chi connectivity index (χ0v) is 13.2. The molecule has 3 N–H and O–H groups in total. The fraction of sp³-hybridized carbons (Fsp3) is 0.533. The molecule has 1 aromatic rings. The second kappa shape index (κ2) is 8.22. The zero-order valence-electron chi connectivity index (χ0n) is 12.4. The first-order valence-corrected chi connectivity index (χ1v) is 6.92. The fourth-order valence-corrected chi connectivity index (χ4v) is 2.39. The summed E-state index contributed by atoms with van der Waals surface area (Å²) in [6.45, 7) is 5.73. The fourth-order valence-electron chi connectivity index (χ4n) is 2.39. The lowest BCUT2D eigenvalue weighted by molar-refractivity contribution is -0.123. The van der Waals surface area contributed by atoms with E-state index in [4.69, 9.17) is 4.74 Å². The number of para-hydroxylation sites is 1. The van der Waals surface area contributed by atoms with Gasteiger partial charge in [-0.05, 0) is 25.0 Å². The van der Waals surface area contributed by atoms with Crippen LogP contribution >= 0.6 is 12.4 Å². The number of hydrogen-bond acceptors (Lipinski definition) is 4. The van der Waals surface area contributed by atoms with Crippen molar-refractivity contribution in [1.29, 1.82) is 0 Å². The molecule has 1 heterocycles. The van der Waals surface area contributed by atoms with Crippen LogP contribution in [0.3, 0.4) is 0 Å². The van der Waals surface area contributed by atoms with Crippen LogP contribution in [-0.2, 0) is 4.79 Å². The summed E-state index contributed by atoms with van der Waals surface area (Å²) in [7, 11) is 0. The third kappa shape index (κ3) is 4.88. The predicted octanol–water partition coefficient (Wildman–Crippen LogP) is 0.801. The van der Waals surface area contributed by atoms with Crippen molar-refractivity contribution >= 4 is 18.3 Å². The first-order valence-electron chi connectivity index (χ1n) is 6.92. The van der Waals surface area contributed by atoms with Crippen LogP contribution in [-0.4, -0.2) is 43.4 Å². The number of halogens is 1. The van der Waals surface area contributed by atoms with E-state index in [-0.39, 0.29) is 36.9 Å². The Bertz CT molecular complexity index is 462. The second-order valence-electron chi connectivity index (χ2n) is 5.30. The number of carbonyl (C=O) groups is 1. The quantitative estimate of drug-likeness (QED) is 0.752. The molecule has 0 spiro atoms. The van der Waals surface area contributed by atoms with Gasteiger partial charge in [0, 0.05) is 25.6 Å². The van der Waals surface area contributed by atoms with Crippen molar-refractivity contribution in [3.63, 3.8) is 0 Å². The molecular formula is C15H23ClN2O3. The largest absolute Gasteiger partial charge is 0.483 e. The number of ether oxygens (including phenoxy) is 1. The third-order valence-corrected chi connectivity index (χ3v) is 3.62. The summed E-state index contributed by atoms with van der Waals surface area (Å²) in [5.41, 5.74) is 2.04. The van der Waals surface area contributed by atoms with Crippen LogP contribution in [0.2, 0.25) is 0 Å². The van der Waals surface area contributed by atoms with Crippen molar-refractivity contribution in [2.75, 3.05) is 26.2 Å². The predicted molar refractivity (Wildman–Crippen MR) is 84.0 cm³/mol. The van der Waals surface area contributed by atoms with Crippen LogP contribution < -0.4 is 15.4 Å². The number of rotatable bonds is 5. The van der Waals surface area contributed by atoms with Gasteiger partial charge in [-0.1, -0.05) is 18.2 Å². The molecule has 1 aromatic carbocycles. The van der Waals surface area contributed by atoms with E-state index in [2.05, 4.69) is 10.6 Å². The Balaban J connectivity index is 0.00000220. The number of hydrogen-bond donors (Lipinski definition) is 3. The molecule has 5 nitrogen and oxygen atoms in total. The summed E-state index contributed by atoms with van der Waals surface area (Å²) in [6, 6.07) is 5.88. The van der Waals surface area contributed by atoms with Crippen LogP contribution in [0.1, 0.15) is 11.1 Å². The van der Waals surface area contributed by atoms with Crippen LogP contribution in [0.4, 0.5) is 0 Å². The van der Waals surface area contributed by atoms with Gasteiger partial charge in [-0.2, -0.15) is 0 Å². The molecule has 0 aliphatic carbocycles. The summed E-state index contributed by atoms with van der Waals surface area (Å²) in [4.78, 5) is 11.8. The molecule has 2 unspecified atom stereocenters. The van der Waals surface area contributed by atoms with Gasteiger partial charge in [0.2, 0.25) is 0 Å². The van der Waals surface area contributed by atoms with Gasteiger partial charge in [0.05, 0.1) is 6.10 Å². The highest BCUT2D eigenvalue weighted by Gasteiger charge is 2.25. The molecule has 0 aromatic heterocycles. The van der Waals surface area contributed by atoms with E-state index >= 15 is 0 Å². The summed E-state index contributed by atoms with van der Waals surface area (Å²) in [5, 5.41) is 15.5. The van der Waals surface area contributed by atoms with Gasteiger partial charge in [-0.15, -0.1) is 12.4 Å². The Hall–Kier alpha value is -1.30. The summed E-state index contributed by atoms with van der Waals surface area (Å²) in [6.07, 6.45) is -0.380. The average Bonchev–Trinajstić information content (AvgIpc) is 2.81. The van der Waals surface area contributed by atoms with Crippen molar-refractivity contribution in [3.8, 4) is 5.75 Å². The molecule has 2 atom stereocenters. The monoisotopic (exact) mass is 314 g/mol. The highest BCUT2D eigenvalue weighted by molar-refractivity contribution is 5.85.